The number of hydrogen-bond acceptors (Lipinski definition) is 5. The molecule has 2 N–H and O–H groups in total. The highest BCUT2D eigenvalue weighted by Crippen LogP contribution is 2.30. The van der Waals surface area contributed by atoms with E-state index in [0.29, 0.717) is 26.3 Å². The first kappa shape index (κ1) is 21.7. The molecule has 0 bridgehead atoms. The van der Waals surface area contributed by atoms with E-state index in [9.17, 15) is 0 Å². The van der Waals surface area contributed by atoms with Crippen LogP contribution in [0.5, 0.6) is 11.5 Å². The van der Waals surface area contributed by atoms with Gasteiger partial charge in [-0.3, -0.25) is 0 Å². The second-order valence-electron chi connectivity index (χ2n) is 6.13. The van der Waals surface area contributed by atoms with Crippen molar-refractivity contribution in [2.45, 2.75) is 40.3 Å². The monoisotopic (exact) mass is 502 g/mol. The van der Waals surface area contributed by atoms with Crippen molar-refractivity contribution in [3.63, 3.8) is 0 Å². The fourth-order valence-corrected chi connectivity index (χ4v) is 3.47. The Morgan fingerprint density at radius 2 is 1.96 bits per heavy atom. The van der Waals surface area contributed by atoms with Crippen LogP contribution in [-0.2, 0) is 13.1 Å². The molecule has 27 heavy (non-hydrogen) atoms. The summed E-state index contributed by atoms with van der Waals surface area (Å²) in [6, 6.07) is 6.02. The highest BCUT2D eigenvalue weighted by molar-refractivity contribution is 14.0. The Bertz CT molecular complexity index is 760. The lowest BCUT2D eigenvalue weighted by Crippen LogP contribution is -2.36. The van der Waals surface area contributed by atoms with Crippen molar-refractivity contribution in [2.24, 2.45) is 4.99 Å². The topological polar surface area (TPSA) is 67.8 Å². The van der Waals surface area contributed by atoms with Crippen LogP contribution < -0.4 is 20.1 Å². The maximum Gasteiger partial charge on any atom is 0.191 e. The zero-order valence-corrected chi connectivity index (χ0v) is 19.1. The van der Waals surface area contributed by atoms with Crippen LogP contribution in [0.15, 0.2) is 23.2 Å². The summed E-state index contributed by atoms with van der Waals surface area (Å²) < 4.78 is 11.4. The van der Waals surface area contributed by atoms with Crippen LogP contribution in [0.25, 0.3) is 0 Å². The number of aliphatic imine (C=N–C) groups is 1. The number of aryl methyl sites for hydroxylation is 2. The quantitative estimate of drug-likeness (QED) is 0.370. The first-order valence-electron chi connectivity index (χ1n) is 8.99. The summed E-state index contributed by atoms with van der Waals surface area (Å²) in [5.74, 6) is 2.40. The van der Waals surface area contributed by atoms with Crippen molar-refractivity contribution >= 4 is 41.3 Å². The van der Waals surface area contributed by atoms with Crippen molar-refractivity contribution in [3.05, 3.63) is 39.3 Å². The van der Waals surface area contributed by atoms with Gasteiger partial charge in [0.05, 0.1) is 32.0 Å². The Hall–Kier alpha value is -1.55. The zero-order valence-electron chi connectivity index (χ0n) is 16.0. The Morgan fingerprint density at radius 3 is 2.67 bits per heavy atom. The first-order valence-corrected chi connectivity index (χ1v) is 9.81. The predicted octanol–water partition coefficient (Wildman–Crippen LogP) is 3.79. The van der Waals surface area contributed by atoms with Crippen LogP contribution in [-0.4, -0.2) is 30.7 Å². The van der Waals surface area contributed by atoms with Crippen LogP contribution in [0.1, 0.15) is 34.5 Å². The van der Waals surface area contributed by atoms with Crippen molar-refractivity contribution < 1.29 is 9.47 Å². The number of nitrogens with zero attached hydrogens (tertiary/aromatic N) is 2. The van der Waals surface area contributed by atoms with Crippen LogP contribution in [0.3, 0.4) is 0 Å². The van der Waals surface area contributed by atoms with E-state index in [0.717, 1.165) is 46.7 Å². The van der Waals surface area contributed by atoms with Gasteiger partial charge in [-0.15, -0.1) is 35.3 Å². The molecule has 2 heterocycles. The van der Waals surface area contributed by atoms with E-state index in [1.807, 2.05) is 25.1 Å². The number of aromatic nitrogens is 1. The van der Waals surface area contributed by atoms with Gasteiger partial charge in [0.1, 0.15) is 5.01 Å². The molecule has 1 aromatic heterocycles. The molecule has 0 saturated heterocycles. The van der Waals surface area contributed by atoms with Gasteiger partial charge in [-0.1, -0.05) is 6.07 Å². The summed E-state index contributed by atoms with van der Waals surface area (Å²) in [5, 5.41) is 7.70. The summed E-state index contributed by atoms with van der Waals surface area (Å²) >= 11 is 1.72. The normalized spacial score (nSPS) is 13.5. The summed E-state index contributed by atoms with van der Waals surface area (Å²) in [5.41, 5.74) is 2.19. The van der Waals surface area contributed by atoms with E-state index in [2.05, 4.69) is 34.5 Å². The molecule has 0 radical (unpaired) electrons. The predicted molar refractivity (Wildman–Crippen MR) is 121 cm³/mol. The fraction of sp³-hybridized carbons (Fsp3) is 0.474. The van der Waals surface area contributed by atoms with Gasteiger partial charge in [0.15, 0.2) is 17.5 Å². The van der Waals surface area contributed by atoms with Gasteiger partial charge in [0.2, 0.25) is 0 Å². The zero-order chi connectivity index (χ0) is 18.4. The van der Waals surface area contributed by atoms with Crippen LogP contribution in [0.2, 0.25) is 0 Å². The molecular formula is C19H27IN4O2S. The molecule has 3 rings (SSSR count). The molecule has 6 nitrogen and oxygen atoms in total. The van der Waals surface area contributed by atoms with Crippen LogP contribution >= 0.6 is 35.3 Å². The molecule has 148 valence electrons. The Kier molecular flexibility index (Phi) is 8.62. The second-order valence-corrected chi connectivity index (χ2v) is 7.42. The molecule has 2 aromatic rings. The van der Waals surface area contributed by atoms with Crippen molar-refractivity contribution in [1.82, 2.24) is 15.6 Å². The summed E-state index contributed by atoms with van der Waals surface area (Å²) in [7, 11) is 0. The van der Waals surface area contributed by atoms with E-state index in [1.54, 1.807) is 11.3 Å². The largest absolute Gasteiger partial charge is 0.490 e. The number of halogens is 1. The second kappa shape index (κ2) is 10.7. The minimum absolute atomic E-state index is 0. The number of fused-ring (bicyclic) bond motifs is 1. The van der Waals surface area contributed by atoms with Gasteiger partial charge < -0.3 is 20.1 Å². The van der Waals surface area contributed by atoms with E-state index < -0.39 is 0 Å². The maximum atomic E-state index is 5.75. The summed E-state index contributed by atoms with van der Waals surface area (Å²) in [4.78, 5) is 10.5. The molecule has 8 heteroatoms. The van der Waals surface area contributed by atoms with E-state index in [-0.39, 0.29) is 24.0 Å². The van der Waals surface area contributed by atoms with Crippen molar-refractivity contribution in [3.8, 4) is 11.5 Å². The third-order valence-electron chi connectivity index (χ3n) is 4.06. The highest BCUT2D eigenvalue weighted by Gasteiger charge is 2.10. The highest BCUT2D eigenvalue weighted by atomic mass is 127. The molecule has 1 aliphatic heterocycles. The number of ether oxygens (including phenoxy) is 2. The van der Waals surface area contributed by atoms with Gasteiger partial charge in [-0.2, -0.15) is 0 Å². The molecule has 0 amide bonds. The Balaban J connectivity index is 0.00000261. The molecule has 0 fully saturated rings. The van der Waals surface area contributed by atoms with E-state index in [4.69, 9.17) is 9.47 Å². The lowest BCUT2D eigenvalue weighted by Gasteiger charge is -2.11. The van der Waals surface area contributed by atoms with Crippen LogP contribution in [0.4, 0.5) is 0 Å². The van der Waals surface area contributed by atoms with Gasteiger partial charge >= 0.3 is 0 Å². The lowest BCUT2D eigenvalue weighted by atomic mass is 10.2. The van der Waals surface area contributed by atoms with Gasteiger partial charge in [-0.05, 0) is 38.5 Å². The molecule has 0 unspecified atom stereocenters. The minimum Gasteiger partial charge on any atom is -0.490 e. The average molecular weight is 502 g/mol. The molecule has 1 aromatic carbocycles. The van der Waals surface area contributed by atoms with E-state index in [1.165, 1.54) is 4.88 Å². The number of rotatable bonds is 5. The Morgan fingerprint density at radius 1 is 1.19 bits per heavy atom. The third kappa shape index (κ3) is 6.24. The minimum atomic E-state index is 0. The summed E-state index contributed by atoms with van der Waals surface area (Å²) in [6.45, 7) is 9.64. The molecule has 0 aliphatic carbocycles. The smallest absolute Gasteiger partial charge is 0.191 e. The maximum absolute atomic E-state index is 5.75. The SMILES string of the molecule is CCNC(=NCc1ccc2c(c1)OCCCO2)NCc1nc(C)c(C)s1.I. The number of thiazole rings is 1. The lowest BCUT2D eigenvalue weighted by molar-refractivity contribution is 0.297. The summed E-state index contributed by atoms with van der Waals surface area (Å²) in [6.07, 6.45) is 0.909. The molecular weight excluding hydrogens is 475 g/mol. The standard InChI is InChI=1S/C19H26N4O2S.HI/c1-4-20-19(22-12-18-23-13(2)14(3)26-18)21-11-15-6-7-16-17(10-15)25-9-5-8-24-16;/h6-7,10H,4-5,8-9,11-12H2,1-3H3,(H2,20,21,22);1H. The van der Waals surface area contributed by atoms with Gasteiger partial charge in [0.25, 0.3) is 0 Å². The average Bonchev–Trinajstić information content (AvgIpc) is 2.83. The molecule has 0 saturated carbocycles. The number of guanidine groups is 1. The molecule has 1 aliphatic rings. The number of hydrogen-bond donors (Lipinski definition) is 2. The first-order chi connectivity index (χ1) is 12.7. The molecule has 0 atom stereocenters. The van der Waals surface area contributed by atoms with Gasteiger partial charge in [-0.25, -0.2) is 9.98 Å². The fourth-order valence-electron chi connectivity index (χ4n) is 2.59. The van der Waals surface area contributed by atoms with Crippen molar-refractivity contribution in [2.75, 3.05) is 19.8 Å². The van der Waals surface area contributed by atoms with Crippen LogP contribution in [0, 0.1) is 13.8 Å². The van der Waals surface area contributed by atoms with Gasteiger partial charge in [0, 0.05) is 17.8 Å². The van der Waals surface area contributed by atoms with E-state index >= 15 is 0 Å². The molecule has 0 spiro atoms. The Labute approximate surface area is 181 Å². The number of nitrogens with one attached hydrogen (secondary N) is 2. The van der Waals surface area contributed by atoms with Crippen molar-refractivity contribution in [1.29, 1.82) is 0 Å². The third-order valence-corrected chi connectivity index (χ3v) is 5.13. The number of benzene rings is 1.